The Bertz CT molecular complexity index is 4590. The first kappa shape index (κ1) is 99.5. The Kier molecular flexibility index (Phi) is 33.2. The zero-order valence-corrected chi connectivity index (χ0v) is 82.1. The second-order valence-corrected chi connectivity index (χ2v) is 49.6. The first-order chi connectivity index (χ1) is 60.6. The molecule has 8 fully saturated rings. The molecule has 704 valence electrons. The number of ether oxygens (including phenoxy) is 4. The lowest BCUT2D eigenvalue weighted by Gasteiger charge is -2.43. The summed E-state index contributed by atoms with van der Waals surface area (Å²) in [5.74, 6) is 0. The Hall–Kier alpha value is -5.96. The van der Waals surface area contributed by atoms with Crippen LogP contribution in [0.5, 0.6) is 0 Å². The van der Waals surface area contributed by atoms with E-state index in [1.54, 1.807) is 143 Å². The second kappa shape index (κ2) is 42.7. The van der Waals surface area contributed by atoms with Gasteiger partial charge in [-0.1, -0.05) is 72.8 Å². The van der Waals surface area contributed by atoms with E-state index in [4.69, 9.17) is 18.9 Å². The summed E-state index contributed by atoms with van der Waals surface area (Å²) >= 11 is 5.06. The molecule has 36 heteroatoms. The summed E-state index contributed by atoms with van der Waals surface area (Å²) in [6.07, 6.45) is 3.28. The fraction of sp³-hybridized carbons (Fsp3) is 0.565. The van der Waals surface area contributed by atoms with E-state index >= 15 is 0 Å². The number of rotatable bonds is 32. The van der Waals surface area contributed by atoms with E-state index in [0.29, 0.717) is 120 Å². The van der Waals surface area contributed by atoms with Gasteiger partial charge in [0.1, 0.15) is 16.8 Å². The highest BCUT2D eigenvalue weighted by Gasteiger charge is 2.43. The van der Waals surface area contributed by atoms with Gasteiger partial charge in [-0.2, -0.15) is 17.2 Å². The summed E-state index contributed by atoms with van der Waals surface area (Å²) in [4.78, 5) is 9.24. The third-order valence-electron chi connectivity index (χ3n) is 24.9. The van der Waals surface area contributed by atoms with Gasteiger partial charge in [0.15, 0.2) is 0 Å². The van der Waals surface area contributed by atoms with E-state index < -0.39 is 62.5 Å². The highest BCUT2D eigenvalue weighted by molar-refractivity contribution is 7.92. The summed E-state index contributed by atoms with van der Waals surface area (Å²) in [7, 11) is -13.9. The fourth-order valence-electron chi connectivity index (χ4n) is 17.6. The standard InChI is InChI=1S/4C23H33N3O4S2/c4*1-17(24-19-15-30-16-19)13-21-14-25(32(28,29)22-5-4-12-31-22)10-11-26(21)20-8-6-18(7-9-20)23(2,3)27/h4*4-9,12,17,19,21,24,27H,10-11,13-16H2,1-3H3/t2*17-,21+;2*17-,21-/m1100/s1. The number of nitrogens with one attached hydrogen (secondary N) is 4. The molecule has 0 radical (unpaired) electrons. The van der Waals surface area contributed by atoms with E-state index in [9.17, 15) is 54.1 Å². The molecule has 8 N–H and O–H groups in total. The first-order valence-corrected chi connectivity index (χ1v) is 53.7. The Balaban J connectivity index is 0.000000146. The van der Waals surface area contributed by atoms with Crippen molar-refractivity contribution < 1.29 is 73.0 Å². The van der Waals surface area contributed by atoms with Crippen molar-refractivity contribution >= 4 is 108 Å². The topological polar surface area (TPSA) is 328 Å². The van der Waals surface area contributed by atoms with Gasteiger partial charge >= 0.3 is 0 Å². The maximum absolute atomic E-state index is 13.2. The van der Waals surface area contributed by atoms with Crippen LogP contribution in [-0.4, -0.2) is 275 Å². The van der Waals surface area contributed by atoms with E-state index in [-0.39, 0.29) is 48.3 Å². The fourth-order valence-corrected chi connectivity index (χ4v) is 28.0. The van der Waals surface area contributed by atoms with Crippen LogP contribution >= 0.6 is 45.3 Å². The lowest BCUT2D eigenvalue weighted by atomic mass is 9.97. The summed E-state index contributed by atoms with van der Waals surface area (Å²) in [5.41, 5.74) is 4.06. The normalized spacial score (nSPS) is 22.0. The van der Waals surface area contributed by atoms with Crippen LogP contribution in [-0.2, 0) is 81.4 Å². The molecule has 16 rings (SSSR count). The highest BCUT2D eigenvalue weighted by atomic mass is 32.3. The van der Waals surface area contributed by atoms with Gasteiger partial charge < -0.3 is 80.2 Å². The number of hydrogen-bond acceptors (Lipinski definition) is 28. The monoisotopic (exact) mass is 1920 g/mol. The molecule has 4 aromatic heterocycles. The SMILES string of the molecule is C[C@@H](C[C@H]1CN(S(=O)(=O)c2cccs2)CCN1c1ccc(C(C)(C)O)cc1)NC1COC1.C[C@@H](C[C@H]1CN(S(=O)(=O)c2cccs2)CCN1c1ccc(C(C)(C)O)cc1)NC1COC1.C[C@H](C[C@H]1CN(S(=O)(=O)c2cccs2)CCN1c1ccc(C(C)(C)O)cc1)NC1COC1.C[C@H](C[C@H]1CN(S(=O)(=O)c2cccs2)CCN1c1ccc(C(C)(C)O)cc1)NC1COC1. The molecule has 8 saturated heterocycles. The lowest BCUT2D eigenvalue weighted by molar-refractivity contribution is -0.00993. The van der Waals surface area contributed by atoms with E-state index in [2.05, 4.69) is 68.6 Å². The molecule has 8 aromatic rings. The first-order valence-electron chi connectivity index (χ1n) is 44.5. The Morgan fingerprint density at radius 2 is 0.484 bits per heavy atom. The maximum Gasteiger partial charge on any atom is 0.252 e. The number of benzene rings is 4. The number of aliphatic hydroxyl groups is 4. The largest absolute Gasteiger partial charge is 0.386 e. The van der Waals surface area contributed by atoms with Crippen molar-refractivity contribution in [2.45, 2.75) is 221 Å². The van der Waals surface area contributed by atoms with Gasteiger partial charge in [0.05, 0.1) is 99.4 Å². The zero-order chi connectivity index (χ0) is 91.7. The number of nitrogens with zero attached hydrogens (tertiary/aromatic N) is 8. The number of thiophene rings is 4. The molecule has 0 spiro atoms. The highest BCUT2D eigenvalue weighted by Crippen LogP contribution is 2.37. The van der Waals surface area contributed by atoms with Crippen molar-refractivity contribution in [1.29, 1.82) is 0 Å². The van der Waals surface area contributed by atoms with Crippen LogP contribution in [0.3, 0.4) is 0 Å². The summed E-state index contributed by atoms with van der Waals surface area (Å²) in [6, 6.07) is 48.3. The number of anilines is 4. The van der Waals surface area contributed by atoms with Gasteiger partial charge in [-0.25, -0.2) is 33.7 Å². The van der Waals surface area contributed by atoms with Crippen molar-refractivity contribution in [1.82, 2.24) is 38.5 Å². The van der Waals surface area contributed by atoms with Gasteiger partial charge in [-0.05, 0) is 225 Å². The molecule has 8 atom stereocenters. The molecule has 0 bridgehead atoms. The molecule has 8 aliphatic heterocycles. The van der Waals surface area contributed by atoms with Crippen LogP contribution in [0.4, 0.5) is 22.7 Å². The van der Waals surface area contributed by atoms with Crippen molar-refractivity contribution in [2.75, 3.05) is 151 Å². The van der Waals surface area contributed by atoms with Crippen molar-refractivity contribution in [3.8, 4) is 0 Å². The Morgan fingerprint density at radius 1 is 0.305 bits per heavy atom. The van der Waals surface area contributed by atoms with Gasteiger partial charge in [-0.3, -0.25) is 0 Å². The molecule has 0 saturated carbocycles. The number of hydrogen-bond donors (Lipinski definition) is 8. The van der Waals surface area contributed by atoms with Crippen molar-refractivity contribution in [3.63, 3.8) is 0 Å². The average molecular weight is 1920 g/mol. The van der Waals surface area contributed by atoms with E-state index in [0.717, 1.165) is 124 Å². The minimum absolute atomic E-state index is 0.0370. The van der Waals surface area contributed by atoms with Gasteiger partial charge in [0.2, 0.25) is 0 Å². The molecule has 0 aliphatic carbocycles. The van der Waals surface area contributed by atoms with Gasteiger partial charge in [-0.15, -0.1) is 45.3 Å². The molecular formula is C92H132N12O16S8. The Labute approximate surface area is 774 Å². The molecule has 0 unspecified atom stereocenters. The van der Waals surface area contributed by atoms with Crippen molar-refractivity contribution in [2.24, 2.45) is 0 Å². The third kappa shape index (κ3) is 25.5. The number of sulfonamides is 4. The molecule has 4 aromatic carbocycles. The lowest BCUT2D eigenvalue weighted by Crippen LogP contribution is -2.57. The Morgan fingerprint density at radius 3 is 0.625 bits per heavy atom. The smallest absolute Gasteiger partial charge is 0.252 e. The van der Waals surface area contributed by atoms with Gasteiger partial charge in [0, 0.05) is 150 Å². The predicted octanol–water partition coefficient (Wildman–Crippen LogP) is 10.5. The van der Waals surface area contributed by atoms with Crippen LogP contribution < -0.4 is 40.9 Å². The second-order valence-electron chi connectivity index (χ2n) is 37.1. The third-order valence-corrected chi connectivity index (χ3v) is 37.8. The van der Waals surface area contributed by atoms with Crippen molar-refractivity contribution in [3.05, 3.63) is 189 Å². The zero-order valence-electron chi connectivity index (χ0n) is 75.6. The molecule has 0 amide bonds. The average Bonchev–Trinajstić information content (AvgIpc) is 1.01. The summed E-state index contributed by atoms with van der Waals surface area (Å²) < 4.78 is 135. The summed E-state index contributed by atoms with van der Waals surface area (Å²) in [6.45, 7) is 34.7. The predicted molar refractivity (Wildman–Crippen MR) is 511 cm³/mol. The molecule has 8 aliphatic rings. The van der Waals surface area contributed by atoms with Crippen LogP contribution in [0.15, 0.2) is 184 Å². The molecule has 12 heterocycles. The summed E-state index contributed by atoms with van der Waals surface area (Å²) in [5, 5.41) is 62.7. The minimum atomic E-state index is -3.48. The van der Waals surface area contributed by atoms with E-state index in [1.165, 1.54) is 45.3 Å². The molecule has 28 nitrogen and oxygen atoms in total. The molecular weight excluding hydrogens is 1790 g/mol. The molecule has 128 heavy (non-hydrogen) atoms. The maximum atomic E-state index is 13.2. The van der Waals surface area contributed by atoms with E-state index in [1.807, 2.05) is 97.1 Å². The van der Waals surface area contributed by atoms with Crippen LogP contribution in [0.25, 0.3) is 0 Å². The van der Waals surface area contributed by atoms with Crippen LogP contribution in [0.2, 0.25) is 0 Å². The van der Waals surface area contributed by atoms with Crippen LogP contribution in [0.1, 0.15) is 131 Å². The van der Waals surface area contributed by atoms with Gasteiger partial charge in [0.25, 0.3) is 40.1 Å². The minimum Gasteiger partial charge on any atom is -0.386 e. The number of piperazine rings is 4. The van der Waals surface area contributed by atoms with Crippen LogP contribution in [0, 0.1) is 0 Å². The quantitative estimate of drug-likeness (QED) is 0.0194.